The molecule has 0 aliphatic heterocycles. The van der Waals surface area contributed by atoms with Crippen LogP contribution in [-0.4, -0.2) is 7.05 Å². The molecule has 0 saturated carbocycles. The molecule has 34 heavy (non-hydrogen) atoms. The van der Waals surface area contributed by atoms with E-state index in [1.165, 1.54) is 55.2 Å². The zero-order valence-corrected chi connectivity index (χ0v) is 19.1. The maximum atomic E-state index is 2.36. The minimum Gasteiger partial charge on any atom is -0.343 e. The first-order chi connectivity index (χ1) is 16.8. The van der Waals surface area contributed by atoms with E-state index in [0.717, 1.165) is 0 Å². The number of fused-ring (bicyclic) bond motifs is 2. The highest BCUT2D eigenvalue weighted by Crippen LogP contribution is 2.46. The van der Waals surface area contributed by atoms with Gasteiger partial charge in [0.1, 0.15) is 0 Å². The van der Waals surface area contributed by atoms with Gasteiger partial charge in [0.2, 0.25) is 0 Å². The van der Waals surface area contributed by atoms with Crippen molar-refractivity contribution in [3.63, 3.8) is 0 Å². The third-order valence-electron chi connectivity index (χ3n) is 6.65. The fraction of sp³-hybridized carbons (Fsp3) is 0.0303. The third kappa shape index (κ3) is 3.34. The number of anilines is 2. The zero-order chi connectivity index (χ0) is 22.9. The normalized spacial score (nSPS) is 11.1. The summed E-state index contributed by atoms with van der Waals surface area (Å²) in [6.45, 7) is 0. The highest BCUT2D eigenvalue weighted by molar-refractivity contribution is 6.21. The van der Waals surface area contributed by atoms with Gasteiger partial charge in [0, 0.05) is 29.1 Å². The van der Waals surface area contributed by atoms with E-state index in [-0.39, 0.29) is 0 Å². The van der Waals surface area contributed by atoms with Gasteiger partial charge in [-0.3, -0.25) is 0 Å². The van der Waals surface area contributed by atoms with Crippen molar-refractivity contribution in [2.45, 2.75) is 0 Å². The molecule has 1 nitrogen and oxygen atoms in total. The molecule has 0 spiro atoms. The van der Waals surface area contributed by atoms with Crippen molar-refractivity contribution in [1.29, 1.82) is 0 Å². The van der Waals surface area contributed by atoms with Crippen LogP contribution in [0.2, 0.25) is 0 Å². The molecule has 162 valence electrons. The number of hydrogen-bond donors (Lipinski definition) is 0. The van der Waals surface area contributed by atoms with Crippen LogP contribution < -0.4 is 4.90 Å². The molecule has 0 amide bonds. The number of benzene rings is 6. The summed E-state index contributed by atoms with van der Waals surface area (Å²) in [5.41, 5.74) is 7.41. The Hall–Kier alpha value is -4.36. The first-order valence-electron chi connectivity index (χ1n) is 11.7. The first-order valence-corrected chi connectivity index (χ1v) is 11.7. The Kier molecular flexibility index (Phi) is 5.08. The van der Waals surface area contributed by atoms with Crippen molar-refractivity contribution in [2.75, 3.05) is 11.9 Å². The topological polar surface area (TPSA) is 3.24 Å². The van der Waals surface area contributed by atoms with E-state index in [9.17, 15) is 0 Å². The largest absolute Gasteiger partial charge is 0.343 e. The summed E-state index contributed by atoms with van der Waals surface area (Å²) in [6, 6.07) is 47.7. The van der Waals surface area contributed by atoms with Crippen LogP contribution in [0.4, 0.5) is 11.4 Å². The molecule has 0 aliphatic carbocycles. The molecule has 0 aliphatic rings. The van der Waals surface area contributed by atoms with E-state index in [0.29, 0.717) is 0 Å². The van der Waals surface area contributed by atoms with E-state index in [4.69, 9.17) is 0 Å². The Labute approximate surface area is 200 Å². The zero-order valence-electron chi connectivity index (χ0n) is 19.1. The highest BCUT2D eigenvalue weighted by Gasteiger charge is 2.19. The van der Waals surface area contributed by atoms with Crippen molar-refractivity contribution in [3.05, 3.63) is 133 Å². The van der Waals surface area contributed by atoms with Crippen molar-refractivity contribution >= 4 is 32.9 Å². The molecule has 0 saturated heterocycles. The average Bonchev–Trinajstić information content (AvgIpc) is 2.92. The molecule has 0 aromatic heterocycles. The van der Waals surface area contributed by atoms with Gasteiger partial charge in [-0.05, 0) is 33.5 Å². The minimum atomic E-state index is 1.19. The summed E-state index contributed by atoms with van der Waals surface area (Å²) in [6.07, 6.45) is 0. The van der Waals surface area contributed by atoms with Crippen LogP contribution in [0.3, 0.4) is 0 Å². The number of hydrogen-bond acceptors (Lipinski definition) is 1. The van der Waals surface area contributed by atoms with Gasteiger partial charge in [0.15, 0.2) is 0 Å². The fourth-order valence-electron chi connectivity index (χ4n) is 5.13. The Bertz CT molecular complexity index is 1540. The molecule has 0 heterocycles. The van der Waals surface area contributed by atoms with Gasteiger partial charge in [-0.1, -0.05) is 127 Å². The van der Waals surface area contributed by atoms with Gasteiger partial charge >= 0.3 is 0 Å². The molecule has 6 aromatic rings. The lowest BCUT2D eigenvalue weighted by atomic mass is 9.90. The van der Waals surface area contributed by atoms with Crippen LogP contribution in [0.1, 0.15) is 0 Å². The molecule has 0 radical (unpaired) electrons. The molecule has 0 bridgehead atoms. The van der Waals surface area contributed by atoms with Crippen LogP contribution in [0.15, 0.2) is 133 Å². The van der Waals surface area contributed by atoms with E-state index in [1.807, 2.05) is 0 Å². The Morgan fingerprint density at radius 1 is 0.412 bits per heavy atom. The summed E-state index contributed by atoms with van der Waals surface area (Å²) < 4.78 is 0. The van der Waals surface area contributed by atoms with Crippen LogP contribution in [0, 0.1) is 0 Å². The van der Waals surface area contributed by atoms with E-state index >= 15 is 0 Å². The second-order valence-corrected chi connectivity index (χ2v) is 8.62. The van der Waals surface area contributed by atoms with Crippen LogP contribution in [-0.2, 0) is 0 Å². The molecular formula is C33H25N. The number of rotatable bonds is 4. The SMILES string of the molecule is CN(c1ccccc1-c1ccccc1)c1c2ccccc2c(-c2ccccc2)c2ccccc12. The lowest BCUT2D eigenvalue weighted by Crippen LogP contribution is -2.12. The third-order valence-corrected chi connectivity index (χ3v) is 6.65. The van der Waals surface area contributed by atoms with Crippen molar-refractivity contribution < 1.29 is 0 Å². The lowest BCUT2D eigenvalue weighted by molar-refractivity contribution is 1.23. The maximum absolute atomic E-state index is 2.36. The van der Waals surface area contributed by atoms with E-state index in [2.05, 4.69) is 145 Å². The van der Waals surface area contributed by atoms with Crippen molar-refractivity contribution in [2.24, 2.45) is 0 Å². The van der Waals surface area contributed by atoms with Gasteiger partial charge < -0.3 is 4.90 Å². The Balaban J connectivity index is 1.68. The molecule has 1 heteroatoms. The smallest absolute Gasteiger partial charge is 0.0568 e. The Morgan fingerprint density at radius 2 is 0.853 bits per heavy atom. The molecule has 0 atom stereocenters. The predicted octanol–water partition coefficient (Wildman–Crippen LogP) is 9.09. The molecular weight excluding hydrogens is 410 g/mol. The van der Waals surface area contributed by atoms with Crippen molar-refractivity contribution in [3.8, 4) is 22.3 Å². The molecule has 0 N–H and O–H groups in total. The summed E-state index contributed by atoms with van der Waals surface area (Å²) in [4.78, 5) is 2.36. The van der Waals surface area contributed by atoms with Crippen LogP contribution in [0.5, 0.6) is 0 Å². The van der Waals surface area contributed by atoms with Gasteiger partial charge in [0.25, 0.3) is 0 Å². The summed E-state index contributed by atoms with van der Waals surface area (Å²) in [5, 5.41) is 5.05. The Morgan fingerprint density at radius 3 is 1.44 bits per heavy atom. The lowest BCUT2D eigenvalue weighted by Gasteiger charge is -2.27. The number of para-hydroxylation sites is 1. The van der Waals surface area contributed by atoms with Gasteiger partial charge in [-0.2, -0.15) is 0 Å². The average molecular weight is 436 g/mol. The molecule has 6 rings (SSSR count). The van der Waals surface area contributed by atoms with Gasteiger partial charge in [0.05, 0.1) is 5.69 Å². The first kappa shape index (κ1) is 20.3. The maximum Gasteiger partial charge on any atom is 0.0568 e. The fourth-order valence-corrected chi connectivity index (χ4v) is 5.13. The summed E-state index contributed by atoms with van der Waals surface area (Å²) >= 11 is 0. The summed E-state index contributed by atoms with van der Waals surface area (Å²) in [5.74, 6) is 0. The molecule has 0 unspecified atom stereocenters. The summed E-state index contributed by atoms with van der Waals surface area (Å²) in [7, 11) is 2.19. The van der Waals surface area contributed by atoms with Crippen LogP contribution >= 0.6 is 0 Å². The van der Waals surface area contributed by atoms with Gasteiger partial charge in [-0.15, -0.1) is 0 Å². The molecule has 0 fully saturated rings. The van der Waals surface area contributed by atoms with E-state index in [1.54, 1.807) is 0 Å². The number of nitrogens with zero attached hydrogens (tertiary/aromatic N) is 1. The quantitative estimate of drug-likeness (QED) is 0.250. The molecule has 6 aromatic carbocycles. The predicted molar refractivity (Wildman–Crippen MR) is 147 cm³/mol. The van der Waals surface area contributed by atoms with Crippen LogP contribution in [0.25, 0.3) is 43.8 Å². The second-order valence-electron chi connectivity index (χ2n) is 8.62. The minimum absolute atomic E-state index is 1.19. The highest BCUT2D eigenvalue weighted by atomic mass is 15.1. The van der Waals surface area contributed by atoms with Crippen molar-refractivity contribution in [1.82, 2.24) is 0 Å². The monoisotopic (exact) mass is 435 g/mol. The second kappa shape index (κ2) is 8.53. The van der Waals surface area contributed by atoms with Gasteiger partial charge in [-0.25, -0.2) is 0 Å². The van der Waals surface area contributed by atoms with E-state index < -0.39 is 0 Å². The standard InChI is InChI=1S/C33H25N/c1-34(31-23-13-12-18-26(31)24-14-4-2-5-15-24)33-29-21-10-8-19-27(29)32(25-16-6-3-7-17-25)28-20-9-11-22-30(28)33/h2-23H,1H3.